The summed E-state index contributed by atoms with van der Waals surface area (Å²) < 4.78 is 0. The summed E-state index contributed by atoms with van der Waals surface area (Å²) in [5.74, 6) is 0.0314. The molecule has 1 amide bonds. The first-order chi connectivity index (χ1) is 10.1. The third kappa shape index (κ3) is 3.16. The molecule has 5 heteroatoms. The molecule has 1 aromatic carbocycles. The van der Waals surface area contributed by atoms with Gasteiger partial charge in [-0.3, -0.25) is 9.69 Å². The maximum absolute atomic E-state index is 12.7. The van der Waals surface area contributed by atoms with Gasteiger partial charge in [-0.05, 0) is 57.0 Å². The molecule has 1 aromatic rings. The van der Waals surface area contributed by atoms with Crippen molar-refractivity contribution < 1.29 is 4.79 Å². The van der Waals surface area contributed by atoms with Crippen molar-refractivity contribution in [2.45, 2.75) is 31.7 Å². The molecule has 0 bridgehead atoms. The van der Waals surface area contributed by atoms with Gasteiger partial charge in [0, 0.05) is 24.8 Å². The number of hydrogen-bond donors (Lipinski definition) is 1. The zero-order chi connectivity index (χ0) is 14.8. The lowest BCUT2D eigenvalue weighted by Gasteiger charge is -2.37. The van der Waals surface area contributed by atoms with Crippen LogP contribution in [0.25, 0.3) is 0 Å². The Morgan fingerprint density at radius 2 is 1.95 bits per heavy atom. The van der Waals surface area contributed by atoms with Crippen molar-refractivity contribution in [3.8, 4) is 0 Å². The second-order valence-corrected chi connectivity index (χ2v) is 6.44. The van der Waals surface area contributed by atoms with Gasteiger partial charge in [-0.25, -0.2) is 0 Å². The molecule has 2 aliphatic heterocycles. The Morgan fingerprint density at radius 3 is 2.67 bits per heavy atom. The van der Waals surface area contributed by atoms with Crippen LogP contribution in [0.4, 0.5) is 5.69 Å². The quantitative estimate of drug-likeness (QED) is 0.855. The first-order valence-corrected chi connectivity index (χ1v) is 8.11. The van der Waals surface area contributed by atoms with E-state index in [0.717, 1.165) is 19.5 Å². The van der Waals surface area contributed by atoms with E-state index < -0.39 is 0 Å². The Labute approximate surface area is 130 Å². The second kappa shape index (κ2) is 6.24. The van der Waals surface area contributed by atoms with Crippen molar-refractivity contribution >= 4 is 23.2 Å². The van der Waals surface area contributed by atoms with E-state index >= 15 is 0 Å². The van der Waals surface area contributed by atoms with Crippen LogP contribution in [-0.2, 0) is 0 Å². The summed E-state index contributed by atoms with van der Waals surface area (Å²) in [5, 5.41) is 0.447. The van der Waals surface area contributed by atoms with Crippen molar-refractivity contribution in [1.82, 2.24) is 9.80 Å². The molecular weight excluding hydrogens is 286 g/mol. The lowest BCUT2D eigenvalue weighted by atomic mass is 10.0. The predicted molar refractivity (Wildman–Crippen MR) is 85.6 cm³/mol. The van der Waals surface area contributed by atoms with Crippen molar-refractivity contribution in [2.75, 3.05) is 31.9 Å². The van der Waals surface area contributed by atoms with Crippen LogP contribution in [0.1, 0.15) is 36.0 Å². The van der Waals surface area contributed by atoms with Crippen molar-refractivity contribution in [2.24, 2.45) is 0 Å². The molecule has 21 heavy (non-hydrogen) atoms. The van der Waals surface area contributed by atoms with E-state index in [2.05, 4.69) is 4.90 Å². The lowest BCUT2D eigenvalue weighted by Crippen LogP contribution is -2.49. The zero-order valence-corrected chi connectivity index (χ0v) is 13.0. The van der Waals surface area contributed by atoms with Crippen LogP contribution in [0.5, 0.6) is 0 Å². The predicted octanol–water partition coefficient (Wildman–Crippen LogP) is 2.62. The fraction of sp³-hybridized carbons (Fsp3) is 0.562. The van der Waals surface area contributed by atoms with Crippen LogP contribution in [0.3, 0.4) is 0 Å². The highest BCUT2D eigenvalue weighted by atomic mass is 35.5. The van der Waals surface area contributed by atoms with E-state index in [-0.39, 0.29) is 5.91 Å². The number of carbonyl (C=O) groups excluding carboxylic acids is 1. The highest BCUT2D eigenvalue weighted by Crippen LogP contribution is 2.25. The smallest absolute Gasteiger partial charge is 0.255 e. The number of nitrogen functional groups attached to an aromatic ring is 1. The lowest BCUT2D eigenvalue weighted by molar-refractivity contribution is 0.0608. The van der Waals surface area contributed by atoms with E-state index in [1.54, 1.807) is 18.2 Å². The third-order valence-corrected chi connectivity index (χ3v) is 4.88. The van der Waals surface area contributed by atoms with Crippen molar-refractivity contribution in [1.29, 1.82) is 0 Å². The van der Waals surface area contributed by atoms with E-state index in [1.165, 1.54) is 32.4 Å². The average Bonchev–Trinajstić information content (AvgIpc) is 3.01. The summed E-state index contributed by atoms with van der Waals surface area (Å²) in [7, 11) is 0. The average molecular weight is 308 g/mol. The highest BCUT2D eigenvalue weighted by molar-refractivity contribution is 6.34. The molecule has 2 N–H and O–H groups in total. The van der Waals surface area contributed by atoms with Gasteiger partial charge >= 0.3 is 0 Å². The summed E-state index contributed by atoms with van der Waals surface area (Å²) >= 11 is 6.17. The molecule has 3 rings (SSSR count). The van der Waals surface area contributed by atoms with E-state index in [0.29, 0.717) is 22.3 Å². The first kappa shape index (κ1) is 14.7. The summed E-state index contributed by atoms with van der Waals surface area (Å²) in [4.78, 5) is 17.2. The van der Waals surface area contributed by atoms with E-state index in [1.807, 2.05) is 4.90 Å². The molecular formula is C16H22ClN3O. The highest BCUT2D eigenvalue weighted by Gasteiger charge is 2.30. The number of likely N-dealkylation sites (tertiary alicyclic amines) is 2. The van der Waals surface area contributed by atoms with Gasteiger partial charge in [-0.15, -0.1) is 0 Å². The van der Waals surface area contributed by atoms with Crippen LogP contribution in [0.2, 0.25) is 5.02 Å². The molecule has 2 aliphatic rings. The Morgan fingerprint density at radius 1 is 1.19 bits per heavy atom. The maximum Gasteiger partial charge on any atom is 0.255 e. The molecule has 2 heterocycles. The number of hydrogen-bond acceptors (Lipinski definition) is 3. The third-order valence-electron chi connectivity index (χ3n) is 4.56. The molecule has 0 spiro atoms. The Kier molecular flexibility index (Phi) is 4.36. The standard InChI is InChI=1S/C16H22ClN3O/c17-15-10-12(18)5-6-14(15)16(21)20-9-3-4-13(11-20)19-7-1-2-8-19/h5-6,10,13H,1-4,7-9,11,18H2. The number of carbonyl (C=O) groups is 1. The normalized spacial score (nSPS) is 23.5. The van der Waals surface area contributed by atoms with Crippen molar-refractivity contribution in [3.63, 3.8) is 0 Å². The van der Waals surface area contributed by atoms with Crippen LogP contribution in [-0.4, -0.2) is 47.9 Å². The first-order valence-electron chi connectivity index (χ1n) is 7.73. The number of nitrogens with zero attached hydrogens (tertiary/aromatic N) is 2. The molecule has 2 saturated heterocycles. The number of rotatable bonds is 2. The topological polar surface area (TPSA) is 49.6 Å². The number of nitrogens with two attached hydrogens (primary N) is 1. The molecule has 0 saturated carbocycles. The Balaban J connectivity index is 1.71. The number of benzene rings is 1. The minimum Gasteiger partial charge on any atom is -0.399 e. The Hall–Kier alpha value is -1.26. The van der Waals surface area contributed by atoms with Crippen LogP contribution in [0.15, 0.2) is 18.2 Å². The number of amides is 1. The van der Waals surface area contributed by atoms with Gasteiger partial charge in [0.05, 0.1) is 10.6 Å². The SMILES string of the molecule is Nc1ccc(C(=O)N2CCCC(N3CCCC3)C2)c(Cl)c1. The number of halogens is 1. The summed E-state index contributed by atoms with van der Waals surface area (Å²) in [6.07, 6.45) is 4.83. The molecule has 1 unspecified atom stereocenters. The van der Waals surface area contributed by atoms with Crippen molar-refractivity contribution in [3.05, 3.63) is 28.8 Å². The minimum absolute atomic E-state index is 0.0314. The van der Waals surface area contributed by atoms with E-state index in [4.69, 9.17) is 17.3 Å². The Bertz CT molecular complexity index is 528. The monoisotopic (exact) mass is 307 g/mol. The molecule has 0 radical (unpaired) electrons. The summed E-state index contributed by atoms with van der Waals surface area (Å²) in [5.41, 5.74) is 6.85. The number of anilines is 1. The molecule has 4 nitrogen and oxygen atoms in total. The fourth-order valence-electron chi connectivity index (χ4n) is 3.42. The molecule has 114 valence electrons. The summed E-state index contributed by atoms with van der Waals surface area (Å²) in [6, 6.07) is 5.63. The van der Waals surface area contributed by atoms with E-state index in [9.17, 15) is 4.79 Å². The van der Waals surface area contributed by atoms with Gasteiger partial charge in [0.1, 0.15) is 0 Å². The van der Waals surface area contributed by atoms with Crippen LogP contribution in [0, 0.1) is 0 Å². The van der Waals surface area contributed by atoms with Gasteiger partial charge in [0.15, 0.2) is 0 Å². The van der Waals surface area contributed by atoms with Crippen LogP contribution < -0.4 is 5.73 Å². The summed E-state index contributed by atoms with van der Waals surface area (Å²) in [6.45, 7) is 3.99. The molecule has 1 atom stereocenters. The second-order valence-electron chi connectivity index (χ2n) is 6.03. The van der Waals surface area contributed by atoms with Gasteiger partial charge < -0.3 is 10.6 Å². The molecule has 2 fully saturated rings. The van der Waals surface area contributed by atoms with Gasteiger partial charge in [-0.2, -0.15) is 0 Å². The molecule has 0 aliphatic carbocycles. The van der Waals surface area contributed by atoms with Gasteiger partial charge in [-0.1, -0.05) is 11.6 Å². The minimum atomic E-state index is 0.0314. The largest absolute Gasteiger partial charge is 0.399 e. The van der Waals surface area contributed by atoms with Gasteiger partial charge in [0.2, 0.25) is 0 Å². The maximum atomic E-state index is 12.7. The number of piperidine rings is 1. The fourth-order valence-corrected chi connectivity index (χ4v) is 3.69. The molecule has 0 aromatic heterocycles. The zero-order valence-electron chi connectivity index (χ0n) is 12.2. The van der Waals surface area contributed by atoms with Gasteiger partial charge in [0.25, 0.3) is 5.91 Å². The van der Waals surface area contributed by atoms with Crippen LogP contribution >= 0.6 is 11.6 Å².